The highest BCUT2D eigenvalue weighted by molar-refractivity contribution is 6.35. The van der Waals surface area contributed by atoms with Crippen LogP contribution in [0.2, 0.25) is 10.0 Å². The van der Waals surface area contributed by atoms with Crippen molar-refractivity contribution in [3.05, 3.63) is 33.8 Å². The van der Waals surface area contributed by atoms with Gasteiger partial charge in [0.15, 0.2) is 0 Å². The predicted molar refractivity (Wildman–Crippen MR) is 64.8 cm³/mol. The molecule has 1 rings (SSSR count). The summed E-state index contributed by atoms with van der Waals surface area (Å²) in [6.45, 7) is 2.22. The van der Waals surface area contributed by atoms with Crippen molar-refractivity contribution in [1.82, 2.24) is 5.32 Å². The van der Waals surface area contributed by atoms with Gasteiger partial charge in [0, 0.05) is 16.6 Å². The van der Waals surface area contributed by atoms with Crippen LogP contribution in [0.25, 0.3) is 0 Å². The van der Waals surface area contributed by atoms with E-state index in [0.29, 0.717) is 16.6 Å². The molecular formula is C11H13Cl2NO2. The number of benzene rings is 1. The minimum Gasteiger partial charge on any atom is -0.468 e. The summed E-state index contributed by atoms with van der Waals surface area (Å²) in [4.78, 5) is 11.1. The Balaban J connectivity index is 2.58. The van der Waals surface area contributed by atoms with Crippen LogP contribution in [0.4, 0.5) is 0 Å². The molecule has 1 atom stereocenters. The van der Waals surface area contributed by atoms with Crippen LogP contribution in [0.1, 0.15) is 12.5 Å². The van der Waals surface area contributed by atoms with Crippen molar-refractivity contribution in [2.75, 3.05) is 7.11 Å². The van der Waals surface area contributed by atoms with Crippen molar-refractivity contribution in [1.29, 1.82) is 0 Å². The summed E-state index contributed by atoms with van der Waals surface area (Å²) in [6.07, 6.45) is 0. The molecule has 0 radical (unpaired) electrons. The molecule has 5 heteroatoms. The number of nitrogens with one attached hydrogen (secondary N) is 1. The van der Waals surface area contributed by atoms with E-state index in [-0.39, 0.29) is 12.0 Å². The van der Waals surface area contributed by atoms with Gasteiger partial charge in [-0.2, -0.15) is 0 Å². The SMILES string of the molecule is COC(=O)[C@H](C)NCc1ccc(Cl)cc1Cl. The lowest BCUT2D eigenvalue weighted by molar-refractivity contribution is -0.142. The van der Waals surface area contributed by atoms with Gasteiger partial charge in [0.1, 0.15) is 6.04 Å². The van der Waals surface area contributed by atoms with Crippen LogP contribution >= 0.6 is 23.2 Å². The van der Waals surface area contributed by atoms with E-state index in [4.69, 9.17) is 23.2 Å². The molecule has 1 aromatic rings. The third-order valence-corrected chi connectivity index (χ3v) is 2.76. The molecule has 3 nitrogen and oxygen atoms in total. The Bertz CT molecular complexity index is 382. The molecule has 1 aromatic carbocycles. The van der Waals surface area contributed by atoms with Gasteiger partial charge in [0.25, 0.3) is 0 Å². The molecule has 0 saturated carbocycles. The minimum absolute atomic E-state index is 0.301. The lowest BCUT2D eigenvalue weighted by Crippen LogP contribution is -2.34. The van der Waals surface area contributed by atoms with E-state index in [1.165, 1.54) is 7.11 Å². The number of carbonyl (C=O) groups excluding carboxylic acids is 1. The summed E-state index contributed by atoms with van der Waals surface area (Å²) in [5, 5.41) is 4.18. The van der Waals surface area contributed by atoms with E-state index < -0.39 is 0 Å². The first-order valence-corrected chi connectivity index (χ1v) is 5.55. The van der Waals surface area contributed by atoms with Crippen LogP contribution < -0.4 is 5.32 Å². The number of carbonyl (C=O) groups is 1. The molecule has 0 aliphatic rings. The van der Waals surface area contributed by atoms with Crippen molar-refractivity contribution in [3.63, 3.8) is 0 Å². The highest BCUT2D eigenvalue weighted by Crippen LogP contribution is 2.20. The lowest BCUT2D eigenvalue weighted by atomic mass is 10.2. The lowest BCUT2D eigenvalue weighted by Gasteiger charge is -2.12. The summed E-state index contributed by atoms with van der Waals surface area (Å²) >= 11 is 11.8. The maximum Gasteiger partial charge on any atom is 0.322 e. The van der Waals surface area contributed by atoms with E-state index in [1.807, 2.05) is 6.07 Å². The Kier molecular flexibility index (Phi) is 5.06. The first-order valence-electron chi connectivity index (χ1n) is 4.79. The molecule has 0 saturated heterocycles. The van der Waals surface area contributed by atoms with Gasteiger partial charge in [0.2, 0.25) is 0 Å². The number of ether oxygens (including phenoxy) is 1. The number of hydrogen-bond donors (Lipinski definition) is 1. The molecule has 0 heterocycles. The fourth-order valence-corrected chi connectivity index (χ4v) is 1.66. The molecule has 16 heavy (non-hydrogen) atoms. The molecular weight excluding hydrogens is 249 g/mol. The summed E-state index contributed by atoms with van der Waals surface area (Å²) in [7, 11) is 1.36. The van der Waals surface area contributed by atoms with Crippen LogP contribution in [-0.2, 0) is 16.1 Å². The van der Waals surface area contributed by atoms with Gasteiger partial charge in [-0.05, 0) is 24.6 Å². The standard InChI is InChI=1S/C11H13Cl2NO2/c1-7(11(15)16-2)14-6-8-3-4-9(12)5-10(8)13/h3-5,7,14H,6H2,1-2H3/t7-/m0/s1. The zero-order valence-corrected chi connectivity index (χ0v) is 10.6. The van der Waals surface area contributed by atoms with Gasteiger partial charge in [-0.15, -0.1) is 0 Å². The summed E-state index contributed by atoms with van der Waals surface area (Å²) in [6, 6.07) is 4.88. The van der Waals surface area contributed by atoms with Gasteiger partial charge in [-0.3, -0.25) is 4.79 Å². The number of methoxy groups -OCH3 is 1. The average molecular weight is 262 g/mol. The molecule has 0 spiro atoms. The van der Waals surface area contributed by atoms with Crippen LogP contribution in [0.5, 0.6) is 0 Å². The zero-order valence-electron chi connectivity index (χ0n) is 9.09. The first kappa shape index (κ1) is 13.3. The highest BCUT2D eigenvalue weighted by Gasteiger charge is 2.12. The fourth-order valence-electron chi connectivity index (χ4n) is 1.19. The van der Waals surface area contributed by atoms with Gasteiger partial charge in [-0.1, -0.05) is 29.3 Å². The summed E-state index contributed by atoms with van der Waals surface area (Å²) < 4.78 is 4.59. The van der Waals surface area contributed by atoms with E-state index >= 15 is 0 Å². The van der Waals surface area contributed by atoms with Gasteiger partial charge >= 0.3 is 5.97 Å². The summed E-state index contributed by atoms with van der Waals surface area (Å²) in [5.74, 6) is -0.301. The molecule has 0 amide bonds. The van der Waals surface area contributed by atoms with Crippen LogP contribution in [0.3, 0.4) is 0 Å². The number of rotatable bonds is 4. The van der Waals surface area contributed by atoms with Gasteiger partial charge in [0.05, 0.1) is 7.11 Å². The van der Waals surface area contributed by atoms with Crippen molar-refractivity contribution in [3.8, 4) is 0 Å². The van der Waals surface area contributed by atoms with Crippen LogP contribution in [0.15, 0.2) is 18.2 Å². The normalized spacial score (nSPS) is 12.2. The largest absolute Gasteiger partial charge is 0.468 e. The fraction of sp³-hybridized carbons (Fsp3) is 0.364. The maximum atomic E-state index is 11.1. The Hall–Kier alpha value is -0.770. The van der Waals surface area contributed by atoms with Gasteiger partial charge < -0.3 is 10.1 Å². The van der Waals surface area contributed by atoms with Gasteiger partial charge in [-0.25, -0.2) is 0 Å². The Morgan fingerprint density at radius 2 is 2.19 bits per heavy atom. The molecule has 88 valence electrons. The van der Waals surface area contributed by atoms with Crippen molar-refractivity contribution in [2.24, 2.45) is 0 Å². The molecule has 0 bridgehead atoms. The van der Waals surface area contributed by atoms with Crippen molar-refractivity contribution < 1.29 is 9.53 Å². The second-order valence-electron chi connectivity index (χ2n) is 3.36. The Morgan fingerprint density at radius 3 is 2.75 bits per heavy atom. The predicted octanol–water partition coefficient (Wildman–Crippen LogP) is 2.64. The second kappa shape index (κ2) is 6.09. The number of halogens is 2. The van der Waals surface area contributed by atoms with E-state index in [0.717, 1.165) is 5.56 Å². The zero-order chi connectivity index (χ0) is 12.1. The van der Waals surface area contributed by atoms with Crippen molar-refractivity contribution >= 4 is 29.2 Å². The van der Waals surface area contributed by atoms with Crippen LogP contribution in [-0.4, -0.2) is 19.1 Å². The van der Waals surface area contributed by atoms with E-state index in [1.54, 1.807) is 19.1 Å². The molecule has 0 aliphatic carbocycles. The highest BCUT2D eigenvalue weighted by atomic mass is 35.5. The molecule has 0 aromatic heterocycles. The summed E-state index contributed by atoms with van der Waals surface area (Å²) in [5.41, 5.74) is 0.891. The smallest absolute Gasteiger partial charge is 0.322 e. The molecule has 0 unspecified atom stereocenters. The topological polar surface area (TPSA) is 38.3 Å². The molecule has 1 N–H and O–H groups in total. The number of esters is 1. The average Bonchev–Trinajstić information content (AvgIpc) is 2.26. The molecule has 0 aliphatic heterocycles. The quantitative estimate of drug-likeness (QED) is 0.848. The van der Waals surface area contributed by atoms with Crippen LogP contribution in [0, 0.1) is 0 Å². The monoisotopic (exact) mass is 261 g/mol. The maximum absolute atomic E-state index is 11.1. The third kappa shape index (κ3) is 3.67. The second-order valence-corrected chi connectivity index (χ2v) is 4.21. The third-order valence-electron chi connectivity index (χ3n) is 2.17. The minimum atomic E-state index is -0.364. The first-order chi connectivity index (χ1) is 7.54. The molecule has 0 fully saturated rings. The Morgan fingerprint density at radius 1 is 1.50 bits per heavy atom. The van der Waals surface area contributed by atoms with Crippen molar-refractivity contribution in [2.45, 2.75) is 19.5 Å². The number of hydrogen-bond acceptors (Lipinski definition) is 3. The Labute approximate surface area is 105 Å². The van der Waals surface area contributed by atoms with E-state index in [9.17, 15) is 4.79 Å². The van der Waals surface area contributed by atoms with E-state index in [2.05, 4.69) is 10.1 Å².